The standard InChI is InChI=1S/C36H56BrN3O6S/c1-31(2)22-12-17-34(6)23(19-21(41)28-20(11-16-35(28,34)7)36(8)18-14-25(46-36)32(3,4)44)33(22,5)15-13-24(31)45-27(43)10-9-26(42)38-30-40-39-29(37)47-30/h20-25,28,41,44H,9-19H2,1-8H3,(H,38,40,42)/t20?,21-,22+,23-,24+,25-,28+,33+,34-,35-,36+/m1/s1. The zero-order valence-electron chi connectivity index (χ0n) is 29.5. The second kappa shape index (κ2) is 12.0. The highest BCUT2D eigenvalue weighted by Crippen LogP contribution is 2.76. The summed E-state index contributed by atoms with van der Waals surface area (Å²) in [5, 5.41) is 33.7. The Morgan fingerprint density at radius 3 is 2.32 bits per heavy atom. The molecule has 5 fully saturated rings. The minimum atomic E-state index is -0.874. The molecule has 1 aliphatic heterocycles. The lowest BCUT2D eigenvalue weighted by Crippen LogP contribution is -2.66. The number of carbonyl (C=O) groups excluding carboxylic acids is 2. The molecule has 0 bridgehead atoms. The van der Waals surface area contributed by atoms with Gasteiger partial charge >= 0.3 is 5.97 Å². The average molecular weight is 739 g/mol. The Labute approximate surface area is 292 Å². The fourth-order valence-corrected chi connectivity index (χ4v) is 13.2. The molecule has 1 saturated heterocycles. The number of esters is 1. The SMILES string of the molecule is CC(C)(O)[C@H]1CC[C@@](C)(C2CC[C@]3(C)[C@@H]2[C@H](O)C[C@@H]2[C@@]4(C)CC[C@H](OC(=O)CCC(=O)Nc5nnc(Br)s5)C(C)(C)[C@@H]4CC[C@]23C)O1. The fraction of sp³-hybridized carbons (Fsp3) is 0.889. The lowest BCUT2D eigenvalue weighted by molar-refractivity contribution is -0.251. The molecule has 4 aliphatic carbocycles. The zero-order valence-corrected chi connectivity index (χ0v) is 31.9. The van der Waals surface area contributed by atoms with Gasteiger partial charge in [-0.25, -0.2) is 0 Å². The van der Waals surface area contributed by atoms with Crippen LogP contribution >= 0.6 is 27.3 Å². The Hall–Kier alpha value is -1.14. The molecular weight excluding hydrogens is 682 g/mol. The lowest BCUT2D eigenvalue weighted by atomic mass is 9.35. The minimum absolute atomic E-state index is 0.00796. The number of amides is 1. The number of anilines is 1. The fourth-order valence-electron chi connectivity index (χ4n) is 12.1. The molecule has 264 valence electrons. The first-order valence-corrected chi connectivity index (χ1v) is 19.4. The molecular formula is C36H56BrN3O6S. The molecule has 4 saturated carbocycles. The smallest absolute Gasteiger partial charge is 0.306 e. The number of fused-ring (bicyclic) bond motifs is 5. The van der Waals surface area contributed by atoms with Gasteiger partial charge in [0, 0.05) is 11.8 Å². The lowest BCUT2D eigenvalue weighted by Gasteiger charge is -2.70. The van der Waals surface area contributed by atoms with Crippen LogP contribution in [0.3, 0.4) is 0 Å². The van der Waals surface area contributed by atoms with Crippen molar-refractivity contribution in [2.24, 2.45) is 45.3 Å². The van der Waals surface area contributed by atoms with E-state index in [0.717, 1.165) is 57.8 Å². The van der Waals surface area contributed by atoms with Crippen LogP contribution in [0.2, 0.25) is 0 Å². The average Bonchev–Trinajstić information content (AvgIpc) is 3.68. The molecule has 1 amide bonds. The van der Waals surface area contributed by atoms with E-state index in [0.29, 0.717) is 20.9 Å². The van der Waals surface area contributed by atoms with Crippen molar-refractivity contribution in [1.82, 2.24) is 10.2 Å². The maximum Gasteiger partial charge on any atom is 0.306 e. The highest BCUT2D eigenvalue weighted by atomic mass is 79.9. The largest absolute Gasteiger partial charge is 0.462 e. The van der Waals surface area contributed by atoms with Gasteiger partial charge in [-0.05, 0) is 134 Å². The number of carbonyl (C=O) groups is 2. The van der Waals surface area contributed by atoms with Crippen molar-refractivity contribution in [3.8, 4) is 0 Å². The summed E-state index contributed by atoms with van der Waals surface area (Å²) in [5.41, 5.74) is -1.35. The van der Waals surface area contributed by atoms with Gasteiger partial charge in [-0.1, -0.05) is 46.0 Å². The van der Waals surface area contributed by atoms with Crippen LogP contribution in [0, 0.1) is 45.3 Å². The maximum atomic E-state index is 13.0. The second-order valence-corrected chi connectivity index (χ2v) is 20.1. The van der Waals surface area contributed by atoms with Gasteiger partial charge in [0.15, 0.2) is 3.92 Å². The predicted octanol–water partition coefficient (Wildman–Crippen LogP) is 7.30. The van der Waals surface area contributed by atoms with E-state index in [1.807, 2.05) is 13.8 Å². The molecule has 3 N–H and O–H groups in total. The van der Waals surface area contributed by atoms with Gasteiger partial charge in [-0.15, -0.1) is 10.2 Å². The number of hydrogen-bond donors (Lipinski definition) is 3. The van der Waals surface area contributed by atoms with Crippen molar-refractivity contribution in [3.05, 3.63) is 3.92 Å². The molecule has 2 heterocycles. The Morgan fingerprint density at radius 2 is 1.68 bits per heavy atom. The Kier molecular flexibility index (Phi) is 9.10. The Morgan fingerprint density at radius 1 is 0.979 bits per heavy atom. The third kappa shape index (κ3) is 5.83. The molecule has 0 aromatic carbocycles. The van der Waals surface area contributed by atoms with Crippen LogP contribution in [0.15, 0.2) is 3.92 Å². The minimum Gasteiger partial charge on any atom is -0.462 e. The number of hydrogen-bond acceptors (Lipinski definition) is 9. The third-order valence-electron chi connectivity index (χ3n) is 14.7. The monoisotopic (exact) mass is 737 g/mol. The molecule has 1 unspecified atom stereocenters. The normalized spacial score (nSPS) is 44.3. The van der Waals surface area contributed by atoms with Crippen molar-refractivity contribution in [2.75, 3.05) is 5.32 Å². The first-order valence-electron chi connectivity index (χ1n) is 17.8. The molecule has 1 aromatic heterocycles. The molecule has 11 atom stereocenters. The van der Waals surface area contributed by atoms with E-state index in [2.05, 4.69) is 73.0 Å². The van der Waals surface area contributed by atoms with Crippen LogP contribution in [0.4, 0.5) is 5.13 Å². The Balaban J connectivity index is 1.15. The molecule has 11 heteroatoms. The molecule has 5 aliphatic rings. The van der Waals surface area contributed by atoms with E-state index in [-0.39, 0.29) is 76.0 Å². The summed E-state index contributed by atoms with van der Waals surface area (Å²) >= 11 is 4.46. The number of aliphatic hydroxyl groups is 2. The summed E-state index contributed by atoms with van der Waals surface area (Å²) in [4.78, 5) is 25.4. The summed E-state index contributed by atoms with van der Waals surface area (Å²) in [6.07, 6.45) is 7.89. The first-order chi connectivity index (χ1) is 21.7. The van der Waals surface area contributed by atoms with E-state index in [9.17, 15) is 19.8 Å². The molecule has 0 radical (unpaired) electrons. The van der Waals surface area contributed by atoms with Crippen molar-refractivity contribution >= 4 is 44.3 Å². The van der Waals surface area contributed by atoms with Crippen molar-refractivity contribution < 1.29 is 29.3 Å². The Bertz CT molecular complexity index is 1380. The number of halogens is 1. The number of rotatable bonds is 7. The molecule has 0 spiro atoms. The van der Waals surface area contributed by atoms with Crippen LogP contribution in [-0.2, 0) is 19.1 Å². The van der Waals surface area contributed by atoms with Gasteiger partial charge in [0.1, 0.15) is 6.10 Å². The zero-order chi connectivity index (χ0) is 34.4. The summed E-state index contributed by atoms with van der Waals surface area (Å²) in [7, 11) is 0. The number of aliphatic hydroxyl groups excluding tert-OH is 1. The third-order valence-corrected chi connectivity index (χ3v) is 16.0. The summed E-state index contributed by atoms with van der Waals surface area (Å²) < 4.78 is 13.5. The van der Waals surface area contributed by atoms with Crippen LogP contribution in [0.1, 0.15) is 126 Å². The van der Waals surface area contributed by atoms with Gasteiger partial charge in [0.25, 0.3) is 0 Å². The number of nitrogens with one attached hydrogen (secondary N) is 1. The van der Waals surface area contributed by atoms with E-state index < -0.39 is 11.7 Å². The van der Waals surface area contributed by atoms with Gasteiger partial charge in [-0.2, -0.15) is 0 Å². The van der Waals surface area contributed by atoms with Gasteiger partial charge in [0.2, 0.25) is 11.0 Å². The highest BCUT2D eigenvalue weighted by Gasteiger charge is 2.72. The van der Waals surface area contributed by atoms with Crippen LogP contribution in [0.25, 0.3) is 0 Å². The number of aromatic nitrogens is 2. The topological polar surface area (TPSA) is 131 Å². The maximum absolute atomic E-state index is 13.0. The number of ether oxygens (including phenoxy) is 2. The van der Waals surface area contributed by atoms with Crippen LogP contribution in [0.5, 0.6) is 0 Å². The van der Waals surface area contributed by atoms with Crippen molar-refractivity contribution in [3.63, 3.8) is 0 Å². The summed E-state index contributed by atoms with van der Waals surface area (Å²) in [6, 6.07) is 0. The van der Waals surface area contributed by atoms with Crippen LogP contribution < -0.4 is 5.32 Å². The van der Waals surface area contributed by atoms with Crippen LogP contribution in [-0.4, -0.2) is 61.8 Å². The van der Waals surface area contributed by atoms with Crippen molar-refractivity contribution in [1.29, 1.82) is 0 Å². The summed E-state index contributed by atoms with van der Waals surface area (Å²) in [6.45, 7) is 17.9. The van der Waals surface area contributed by atoms with Gasteiger partial charge in [-0.3, -0.25) is 9.59 Å². The van der Waals surface area contributed by atoms with E-state index in [1.165, 1.54) is 11.3 Å². The molecule has 9 nitrogen and oxygen atoms in total. The summed E-state index contributed by atoms with van der Waals surface area (Å²) in [5.74, 6) is 0.542. The molecule has 47 heavy (non-hydrogen) atoms. The molecule has 1 aromatic rings. The van der Waals surface area contributed by atoms with E-state index in [4.69, 9.17) is 9.47 Å². The van der Waals surface area contributed by atoms with Gasteiger partial charge in [0.05, 0.1) is 29.8 Å². The van der Waals surface area contributed by atoms with Crippen molar-refractivity contribution in [2.45, 2.75) is 156 Å². The van der Waals surface area contributed by atoms with E-state index in [1.54, 1.807) is 0 Å². The second-order valence-electron chi connectivity index (χ2n) is 17.8. The predicted molar refractivity (Wildman–Crippen MR) is 185 cm³/mol. The van der Waals surface area contributed by atoms with Gasteiger partial charge < -0.3 is 25.0 Å². The van der Waals surface area contributed by atoms with E-state index >= 15 is 0 Å². The molecule has 6 rings (SSSR count). The highest BCUT2D eigenvalue weighted by molar-refractivity contribution is 9.11. The quantitative estimate of drug-likeness (QED) is 0.249. The number of nitrogens with zero attached hydrogens (tertiary/aromatic N) is 2. The first kappa shape index (κ1) is 35.7.